The van der Waals surface area contributed by atoms with Crippen molar-refractivity contribution < 1.29 is 5.11 Å². The van der Waals surface area contributed by atoms with Crippen molar-refractivity contribution in [1.29, 1.82) is 5.41 Å². The van der Waals surface area contributed by atoms with Gasteiger partial charge in [-0.25, -0.2) is 0 Å². The maximum Gasteiger partial charge on any atom is 0.128 e. The number of nitrogens with two attached hydrogens (primary N) is 1. The van der Waals surface area contributed by atoms with Crippen LogP contribution in [0.15, 0.2) is 18.2 Å². The zero-order valence-corrected chi connectivity index (χ0v) is 7.62. The first-order valence-electron chi connectivity index (χ1n) is 2.95. The van der Waals surface area contributed by atoms with Gasteiger partial charge in [-0.2, -0.15) is 0 Å². The monoisotopic (exact) mass is 206 g/mol. The molecule has 1 aromatic carbocycles. The summed E-state index contributed by atoms with van der Waals surface area (Å²) < 4.78 is 0. The maximum atomic E-state index is 9.16. The van der Waals surface area contributed by atoms with E-state index in [1.54, 1.807) is 12.1 Å². The van der Waals surface area contributed by atoms with E-state index in [1.165, 1.54) is 6.07 Å². The Morgan fingerprint density at radius 3 is 2.42 bits per heavy atom. The summed E-state index contributed by atoms with van der Waals surface area (Å²) in [5, 5.41) is 16.5. The molecule has 0 aromatic heterocycles. The summed E-state index contributed by atoms with van der Waals surface area (Å²) in [6.07, 6.45) is 0. The number of halogens is 2. The number of hydrogen-bond acceptors (Lipinski definition) is 2. The number of phenolic OH excluding ortho intramolecular Hbond substituents is 1. The number of amidine groups is 1. The fraction of sp³-hybridized carbons (Fsp3) is 0. The van der Waals surface area contributed by atoms with Crippen LogP contribution in [0.4, 0.5) is 0 Å². The van der Waals surface area contributed by atoms with Crippen LogP contribution in [-0.4, -0.2) is 10.9 Å². The molecular weight excluding hydrogens is 199 g/mol. The highest BCUT2D eigenvalue weighted by molar-refractivity contribution is 6.34. The third-order valence-electron chi connectivity index (χ3n) is 1.26. The number of aromatic hydroxyl groups is 1. The SMILES string of the molecule is Cl.N=C(N)c1c(O)cccc1Cl. The first-order valence-corrected chi connectivity index (χ1v) is 3.32. The molecule has 66 valence electrons. The highest BCUT2D eigenvalue weighted by Crippen LogP contribution is 2.23. The van der Waals surface area contributed by atoms with E-state index in [0.29, 0.717) is 0 Å². The molecule has 1 aromatic rings. The molecule has 0 aliphatic carbocycles. The summed E-state index contributed by atoms with van der Waals surface area (Å²) in [6.45, 7) is 0. The molecule has 3 nitrogen and oxygen atoms in total. The van der Waals surface area contributed by atoms with E-state index in [0.717, 1.165) is 0 Å². The highest BCUT2D eigenvalue weighted by atomic mass is 35.5. The van der Waals surface area contributed by atoms with E-state index >= 15 is 0 Å². The lowest BCUT2D eigenvalue weighted by molar-refractivity contribution is 0.474. The van der Waals surface area contributed by atoms with Gasteiger partial charge in [0, 0.05) is 0 Å². The molecule has 0 bridgehead atoms. The minimum Gasteiger partial charge on any atom is -0.507 e. The minimum absolute atomic E-state index is 0. The number of rotatable bonds is 1. The van der Waals surface area contributed by atoms with Gasteiger partial charge in [0.15, 0.2) is 0 Å². The van der Waals surface area contributed by atoms with Crippen molar-refractivity contribution in [3.8, 4) is 5.75 Å². The van der Waals surface area contributed by atoms with Gasteiger partial charge in [-0.1, -0.05) is 17.7 Å². The number of phenols is 1. The van der Waals surface area contributed by atoms with Gasteiger partial charge < -0.3 is 10.8 Å². The molecule has 5 heteroatoms. The Labute approximate surface area is 81.1 Å². The zero-order chi connectivity index (χ0) is 8.43. The fourth-order valence-electron chi connectivity index (χ4n) is 0.779. The summed E-state index contributed by atoms with van der Waals surface area (Å²) in [5.74, 6) is -0.293. The van der Waals surface area contributed by atoms with Gasteiger partial charge in [-0.3, -0.25) is 5.41 Å². The minimum atomic E-state index is -0.229. The molecule has 0 radical (unpaired) electrons. The summed E-state index contributed by atoms with van der Waals surface area (Å²) in [4.78, 5) is 0. The third kappa shape index (κ3) is 2.03. The number of nitrogen functional groups attached to an aromatic ring is 1. The molecule has 1 rings (SSSR count). The van der Waals surface area contributed by atoms with Gasteiger partial charge in [-0.15, -0.1) is 12.4 Å². The first-order chi connectivity index (χ1) is 5.13. The predicted molar refractivity (Wildman–Crippen MR) is 51.4 cm³/mol. The molecule has 0 spiro atoms. The Kier molecular flexibility index (Phi) is 3.86. The third-order valence-corrected chi connectivity index (χ3v) is 1.58. The van der Waals surface area contributed by atoms with Crippen LogP contribution >= 0.6 is 24.0 Å². The van der Waals surface area contributed by atoms with Crippen LogP contribution in [0.25, 0.3) is 0 Å². The van der Waals surface area contributed by atoms with E-state index in [2.05, 4.69) is 0 Å². The number of hydrogen-bond donors (Lipinski definition) is 3. The fourth-order valence-corrected chi connectivity index (χ4v) is 1.05. The van der Waals surface area contributed by atoms with Gasteiger partial charge in [0.2, 0.25) is 0 Å². The van der Waals surface area contributed by atoms with Crippen molar-refractivity contribution >= 4 is 29.8 Å². The smallest absolute Gasteiger partial charge is 0.128 e. The van der Waals surface area contributed by atoms with E-state index in [1.807, 2.05) is 0 Å². The zero-order valence-electron chi connectivity index (χ0n) is 6.04. The van der Waals surface area contributed by atoms with Crippen LogP contribution < -0.4 is 5.73 Å². The van der Waals surface area contributed by atoms with Crippen molar-refractivity contribution in [3.05, 3.63) is 28.8 Å². The summed E-state index contributed by atoms with van der Waals surface area (Å²) >= 11 is 5.64. The Morgan fingerprint density at radius 2 is 2.08 bits per heavy atom. The topological polar surface area (TPSA) is 70.1 Å². The van der Waals surface area contributed by atoms with Crippen LogP contribution in [0.5, 0.6) is 5.75 Å². The molecule has 0 amide bonds. The second-order valence-corrected chi connectivity index (χ2v) is 2.45. The van der Waals surface area contributed by atoms with Crippen molar-refractivity contribution in [1.82, 2.24) is 0 Å². The molecule has 0 unspecified atom stereocenters. The Bertz CT molecular complexity index is 281. The van der Waals surface area contributed by atoms with Gasteiger partial charge in [0.05, 0.1) is 10.6 Å². The van der Waals surface area contributed by atoms with Crippen LogP contribution in [0, 0.1) is 5.41 Å². The molecule has 0 heterocycles. The standard InChI is InChI=1S/C7H7ClN2O.ClH/c8-4-2-1-3-5(11)6(4)7(9)10;/h1-3,11H,(H3,9,10);1H. The molecule has 4 N–H and O–H groups in total. The lowest BCUT2D eigenvalue weighted by Crippen LogP contribution is -2.11. The summed E-state index contributed by atoms with van der Waals surface area (Å²) in [5.41, 5.74) is 5.34. The van der Waals surface area contributed by atoms with E-state index in [-0.39, 0.29) is 34.6 Å². The molecule has 12 heavy (non-hydrogen) atoms. The Balaban J connectivity index is 0.00000121. The Hall–Kier alpha value is -0.930. The molecule has 0 saturated carbocycles. The molecule has 0 fully saturated rings. The second-order valence-electron chi connectivity index (χ2n) is 2.05. The van der Waals surface area contributed by atoms with Crippen LogP contribution in [0.3, 0.4) is 0 Å². The lowest BCUT2D eigenvalue weighted by atomic mass is 10.2. The van der Waals surface area contributed by atoms with Crippen molar-refractivity contribution in [2.75, 3.05) is 0 Å². The number of benzene rings is 1. The van der Waals surface area contributed by atoms with Gasteiger partial charge >= 0.3 is 0 Å². The molecular formula is C7H8Cl2N2O. The van der Waals surface area contributed by atoms with E-state index < -0.39 is 0 Å². The summed E-state index contributed by atoms with van der Waals surface area (Å²) in [7, 11) is 0. The highest BCUT2D eigenvalue weighted by Gasteiger charge is 2.07. The largest absolute Gasteiger partial charge is 0.507 e. The average Bonchev–Trinajstić information content (AvgIpc) is 1.85. The molecule has 0 aliphatic rings. The van der Waals surface area contributed by atoms with Gasteiger partial charge in [0.25, 0.3) is 0 Å². The average molecular weight is 207 g/mol. The van der Waals surface area contributed by atoms with Gasteiger partial charge in [0.1, 0.15) is 11.6 Å². The normalized spacial score (nSPS) is 8.75. The van der Waals surface area contributed by atoms with Crippen LogP contribution in [0.2, 0.25) is 5.02 Å². The van der Waals surface area contributed by atoms with Gasteiger partial charge in [-0.05, 0) is 12.1 Å². The van der Waals surface area contributed by atoms with Crippen LogP contribution in [0.1, 0.15) is 5.56 Å². The molecule has 0 aliphatic heterocycles. The summed E-state index contributed by atoms with van der Waals surface area (Å²) in [6, 6.07) is 4.59. The number of nitrogens with one attached hydrogen (secondary N) is 1. The second kappa shape index (κ2) is 4.18. The molecule has 0 saturated heterocycles. The van der Waals surface area contributed by atoms with Crippen LogP contribution in [-0.2, 0) is 0 Å². The first kappa shape index (κ1) is 11.1. The predicted octanol–water partition coefficient (Wildman–Crippen LogP) is 1.75. The van der Waals surface area contributed by atoms with Crippen molar-refractivity contribution in [2.45, 2.75) is 0 Å². The molecule has 0 atom stereocenters. The van der Waals surface area contributed by atoms with Crippen molar-refractivity contribution in [2.24, 2.45) is 5.73 Å². The van der Waals surface area contributed by atoms with Crippen molar-refractivity contribution in [3.63, 3.8) is 0 Å². The lowest BCUT2D eigenvalue weighted by Gasteiger charge is -2.02. The maximum absolute atomic E-state index is 9.16. The Morgan fingerprint density at radius 1 is 1.50 bits per heavy atom. The van der Waals surface area contributed by atoms with E-state index in [9.17, 15) is 0 Å². The quantitative estimate of drug-likeness (QED) is 0.485. The van der Waals surface area contributed by atoms with E-state index in [4.69, 9.17) is 27.9 Å².